The van der Waals surface area contributed by atoms with Gasteiger partial charge in [0.15, 0.2) is 0 Å². The van der Waals surface area contributed by atoms with Crippen molar-refractivity contribution in [2.75, 3.05) is 0 Å². The molecule has 0 amide bonds. The molecule has 204 valence electrons. The average molecular weight is 487 g/mol. The van der Waals surface area contributed by atoms with Crippen molar-refractivity contribution in [3.63, 3.8) is 0 Å². The molecule has 3 aliphatic rings. The normalized spacial score (nSPS) is 36.6. The van der Waals surface area contributed by atoms with E-state index >= 15 is 0 Å². The summed E-state index contributed by atoms with van der Waals surface area (Å²) < 4.78 is 0. The van der Waals surface area contributed by atoms with E-state index in [1.165, 1.54) is 64.2 Å². The van der Waals surface area contributed by atoms with Crippen molar-refractivity contribution in [1.29, 1.82) is 5.41 Å². The van der Waals surface area contributed by atoms with Crippen molar-refractivity contribution in [2.45, 2.75) is 139 Å². The maximum Gasteiger partial charge on any atom is 0.0375 e. The van der Waals surface area contributed by atoms with Gasteiger partial charge in [0.25, 0.3) is 0 Å². The summed E-state index contributed by atoms with van der Waals surface area (Å²) in [7, 11) is 0. The zero-order valence-electron chi connectivity index (χ0n) is 24.1. The van der Waals surface area contributed by atoms with Gasteiger partial charge in [0, 0.05) is 17.3 Å². The smallest absolute Gasteiger partial charge is 0.0375 e. The predicted molar refractivity (Wildman–Crippen MR) is 159 cm³/mol. The van der Waals surface area contributed by atoms with E-state index in [9.17, 15) is 0 Å². The third-order valence-electron chi connectivity index (χ3n) is 10.0. The van der Waals surface area contributed by atoms with Gasteiger partial charge in [-0.15, -0.1) is 6.42 Å². The maximum absolute atomic E-state index is 6.83. The monoisotopic (exact) mass is 486 g/mol. The topological polar surface area (TPSA) is 49.9 Å². The first-order valence-corrected chi connectivity index (χ1v) is 14.6. The third-order valence-corrected chi connectivity index (χ3v) is 10.0. The second-order valence-corrected chi connectivity index (χ2v) is 11.9. The zero-order valence-corrected chi connectivity index (χ0v) is 24.1. The van der Waals surface area contributed by atoms with Gasteiger partial charge in [-0.05, 0) is 93.3 Å². The van der Waals surface area contributed by atoms with Crippen molar-refractivity contribution >= 4 is 6.21 Å². The molecule has 0 aromatic carbocycles. The molecular formula is C33H62N2. The molecular weight excluding hydrogens is 424 g/mol. The summed E-state index contributed by atoms with van der Waals surface area (Å²) in [6, 6.07) is 0. The zero-order chi connectivity index (χ0) is 25.9. The van der Waals surface area contributed by atoms with E-state index in [2.05, 4.69) is 40.5 Å². The highest BCUT2D eigenvalue weighted by Crippen LogP contribution is 2.63. The summed E-state index contributed by atoms with van der Waals surface area (Å²) in [6.07, 6.45) is 23.5. The first kappa shape index (κ1) is 33.9. The highest BCUT2D eigenvalue weighted by Gasteiger charge is 2.57. The molecule has 0 aromatic rings. The minimum atomic E-state index is 0. The lowest BCUT2D eigenvalue weighted by Gasteiger charge is -2.53. The van der Waals surface area contributed by atoms with E-state index in [1.54, 1.807) is 13.0 Å². The molecule has 0 aliphatic heterocycles. The summed E-state index contributed by atoms with van der Waals surface area (Å²) in [5.74, 6) is 7.87. The molecule has 7 unspecified atom stereocenters. The summed E-state index contributed by atoms with van der Waals surface area (Å²) >= 11 is 0. The second-order valence-electron chi connectivity index (χ2n) is 11.9. The fraction of sp³-hybridized carbons (Fsp3) is 0.848. The number of nitrogens with two attached hydrogens (primary N) is 1. The Morgan fingerprint density at radius 1 is 1.06 bits per heavy atom. The first-order valence-electron chi connectivity index (χ1n) is 14.6. The van der Waals surface area contributed by atoms with Gasteiger partial charge in [0.1, 0.15) is 0 Å². The van der Waals surface area contributed by atoms with E-state index < -0.39 is 0 Å². The molecule has 3 rings (SSSR count). The fourth-order valence-electron chi connectivity index (χ4n) is 7.76. The Morgan fingerprint density at radius 3 is 2.20 bits per heavy atom. The van der Waals surface area contributed by atoms with E-state index in [-0.39, 0.29) is 13.0 Å². The van der Waals surface area contributed by atoms with E-state index in [1.807, 2.05) is 13.8 Å². The molecule has 0 heterocycles. The lowest BCUT2D eigenvalue weighted by molar-refractivity contribution is -0.0317. The largest absolute Gasteiger partial charge is 0.325 e. The van der Waals surface area contributed by atoms with Crippen molar-refractivity contribution < 1.29 is 0 Å². The number of hydrogen-bond acceptors (Lipinski definition) is 2. The molecule has 0 spiro atoms. The standard InChI is InChI=1S/C24H45N.C6H7N.C2H6.CH4/c1-6-24(5,25)22-14-13-21-20-10-8-7-9-17(2)11-12-18(3)19(20)15-16-23(21,22)4;1-3-6(4-2)5-7;1-2;/h17-22H,6-16,25H2,1-5H3;1,4-5,7H,2H3;1-2H3;1H4/b;6-4-,7-5?;;/t17?,18?,19?,20?,21?,22?,23?,24-;;;/m1.../s1. The van der Waals surface area contributed by atoms with Gasteiger partial charge in [-0.1, -0.05) is 93.1 Å². The SMILES string of the molecule is C.C#C/C(C=N)=C/C.CC.CC[C@@](C)(N)C1CCC2C3CCCCC(C)CCC(C)C3CCC21C. The van der Waals surface area contributed by atoms with Crippen LogP contribution in [-0.4, -0.2) is 11.8 Å². The summed E-state index contributed by atoms with van der Waals surface area (Å²) in [5, 5.41) is 6.62. The molecule has 2 nitrogen and oxygen atoms in total. The van der Waals surface area contributed by atoms with Gasteiger partial charge >= 0.3 is 0 Å². The van der Waals surface area contributed by atoms with Gasteiger partial charge in [-0.2, -0.15) is 0 Å². The number of hydrogen-bond donors (Lipinski definition) is 2. The molecule has 3 aliphatic carbocycles. The molecule has 3 fully saturated rings. The summed E-state index contributed by atoms with van der Waals surface area (Å²) in [6.45, 7) is 18.2. The number of terminal acetylenes is 1. The number of allylic oxidation sites excluding steroid dienone is 2. The Hall–Kier alpha value is -1.07. The predicted octanol–water partition coefficient (Wildman–Crippen LogP) is 9.68. The molecule has 8 atom stereocenters. The van der Waals surface area contributed by atoms with Crippen LogP contribution in [0.4, 0.5) is 0 Å². The fourth-order valence-corrected chi connectivity index (χ4v) is 7.76. The van der Waals surface area contributed by atoms with Crippen LogP contribution in [0.2, 0.25) is 0 Å². The van der Waals surface area contributed by atoms with Gasteiger partial charge in [-0.3, -0.25) is 0 Å². The van der Waals surface area contributed by atoms with Crippen LogP contribution >= 0.6 is 0 Å². The molecule has 3 N–H and O–H groups in total. The van der Waals surface area contributed by atoms with Crippen LogP contribution < -0.4 is 5.73 Å². The molecule has 0 radical (unpaired) electrons. The Balaban J connectivity index is 0.00000100. The van der Waals surface area contributed by atoms with Crippen molar-refractivity contribution in [3.8, 4) is 12.3 Å². The van der Waals surface area contributed by atoms with Crippen LogP contribution in [0.25, 0.3) is 0 Å². The second kappa shape index (κ2) is 15.9. The van der Waals surface area contributed by atoms with Crippen LogP contribution in [-0.2, 0) is 0 Å². The van der Waals surface area contributed by atoms with Crippen LogP contribution in [0.1, 0.15) is 133 Å². The van der Waals surface area contributed by atoms with E-state index in [0.29, 0.717) is 11.0 Å². The molecule has 0 saturated heterocycles. The Kier molecular flexibility index (Phi) is 15.4. The van der Waals surface area contributed by atoms with Gasteiger partial charge < -0.3 is 11.1 Å². The molecule has 0 aromatic heterocycles. The third kappa shape index (κ3) is 8.49. The highest BCUT2D eigenvalue weighted by molar-refractivity contribution is 5.81. The maximum atomic E-state index is 6.83. The van der Waals surface area contributed by atoms with Gasteiger partial charge in [0.05, 0.1) is 0 Å². The van der Waals surface area contributed by atoms with Crippen LogP contribution in [0.3, 0.4) is 0 Å². The molecule has 3 saturated carbocycles. The lowest BCUT2D eigenvalue weighted by Crippen LogP contribution is -2.53. The molecule has 0 bridgehead atoms. The van der Waals surface area contributed by atoms with Crippen LogP contribution in [0.5, 0.6) is 0 Å². The Labute approximate surface area is 221 Å². The number of nitrogens with one attached hydrogen (secondary N) is 1. The van der Waals surface area contributed by atoms with Crippen molar-refractivity contribution in [1.82, 2.24) is 0 Å². The number of fused-ring (bicyclic) bond motifs is 3. The van der Waals surface area contributed by atoms with E-state index in [0.717, 1.165) is 48.1 Å². The van der Waals surface area contributed by atoms with Gasteiger partial charge in [0.2, 0.25) is 0 Å². The van der Waals surface area contributed by atoms with Crippen molar-refractivity contribution in [3.05, 3.63) is 11.6 Å². The average Bonchev–Trinajstić information content (AvgIpc) is 3.21. The number of rotatable bonds is 3. The first-order chi connectivity index (χ1) is 16.1. The quantitative estimate of drug-likeness (QED) is 0.303. The van der Waals surface area contributed by atoms with E-state index in [4.69, 9.17) is 17.6 Å². The molecule has 2 heteroatoms. The minimum absolute atomic E-state index is 0. The van der Waals surface area contributed by atoms with Crippen molar-refractivity contribution in [2.24, 2.45) is 46.7 Å². The highest BCUT2D eigenvalue weighted by atomic mass is 14.8. The lowest BCUT2D eigenvalue weighted by atomic mass is 9.52. The minimum Gasteiger partial charge on any atom is -0.325 e. The van der Waals surface area contributed by atoms with Gasteiger partial charge in [-0.25, -0.2) is 0 Å². The Bertz CT molecular complexity index is 669. The Morgan fingerprint density at radius 2 is 1.69 bits per heavy atom. The van der Waals surface area contributed by atoms with Crippen LogP contribution in [0, 0.1) is 58.7 Å². The summed E-state index contributed by atoms with van der Waals surface area (Å²) in [4.78, 5) is 0. The summed E-state index contributed by atoms with van der Waals surface area (Å²) in [5.41, 5.74) is 8.00. The van der Waals surface area contributed by atoms with Crippen LogP contribution in [0.15, 0.2) is 11.6 Å². The molecule has 35 heavy (non-hydrogen) atoms.